The van der Waals surface area contributed by atoms with Crippen LogP contribution in [0, 0.1) is 5.92 Å². The second kappa shape index (κ2) is 6.31. The Kier molecular flexibility index (Phi) is 4.59. The van der Waals surface area contributed by atoms with Crippen LogP contribution in [0.15, 0.2) is 21.6 Å². The summed E-state index contributed by atoms with van der Waals surface area (Å²) >= 11 is 0. The smallest absolute Gasteiger partial charge is 0.276 e. The molecule has 3 rings (SSSR count). The molecule has 1 aromatic rings. The van der Waals surface area contributed by atoms with Gasteiger partial charge in [-0.1, -0.05) is 0 Å². The van der Waals surface area contributed by atoms with Crippen LogP contribution in [-0.4, -0.2) is 55.0 Å². The fraction of sp³-hybridized carbons (Fsp3) is 0.733. The molecule has 2 unspecified atom stereocenters. The zero-order chi connectivity index (χ0) is 15.7. The van der Waals surface area contributed by atoms with Crippen molar-refractivity contribution in [3.05, 3.63) is 17.9 Å². The summed E-state index contributed by atoms with van der Waals surface area (Å²) in [5, 5.41) is 9.68. The van der Waals surface area contributed by atoms with Crippen molar-refractivity contribution in [1.29, 1.82) is 0 Å². The van der Waals surface area contributed by atoms with Gasteiger partial charge in [-0.05, 0) is 50.8 Å². The number of rotatable bonds is 5. The van der Waals surface area contributed by atoms with E-state index in [0.717, 1.165) is 32.4 Å². The van der Waals surface area contributed by atoms with Crippen LogP contribution in [0.25, 0.3) is 0 Å². The van der Waals surface area contributed by atoms with Crippen LogP contribution in [0.1, 0.15) is 31.9 Å². The first-order valence-corrected chi connectivity index (χ1v) is 9.40. The molecule has 2 aliphatic heterocycles. The van der Waals surface area contributed by atoms with Crippen LogP contribution in [0.2, 0.25) is 0 Å². The van der Waals surface area contributed by atoms with Crippen LogP contribution in [0.3, 0.4) is 0 Å². The zero-order valence-electron chi connectivity index (χ0n) is 12.9. The number of aliphatic hydroxyl groups is 1. The van der Waals surface area contributed by atoms with Crippen molar-refractivity contribution in [1.82, 2.24) is 9.21 Å². The predicted molar refractivity (Wildman–Crippen MR) is 81.8 cm³/mol. The van der Waals surface area contributed by atoms with Gasteiger partial charge in [0, 0.05) is 19.6 Å². The third-order valence-corrected chi connectivity index (χ3v) is 6.44. The number of hydrogen-bond acceptors (Lipinski definition) is 5. The van der Waals surface area contributed by atoms with E-state index in [-0.39, 0.29) is 11.2 Å². The van der Waals surface area contributed by atoms with Gasteiger partial charge >= 0.3 is 0 Å². The molecule has 1 N–H and O–H groups in total. The van der Waals surface area contributed by atoms with Crippen molar-refractivity contribution in [2.45, 2.75) is 43.9 Å². The minimum absolute atomic E-state index is 0.0515. The zero-order valence-corrected chi connectivity index (χ0v) is 13.8. The summed E-state index contributed by atoms with van der Waals surface area (Å²) in [6.45, 7) is 5.32. The molecular formula is C15H24N2O4S. The normalized spacial score (nSPS) is 25.8. The van der Waals surface area contributed by atoms with Gasteiger partial charge in [0.1, 0.15) is 5.76 Å². The minimum atomic E-state index is -3.47. The van der Waals surface area contributed by atoms with E-state index in [1.807, 2.05) is 6.92 Å². The fourth-order valence-electron chi connectivity index (χ4n) is 3.26. The highest BCUT2D eigenvalue weighted by Gasteiger charge is 2.31. The molecule has 0 aliphatic carbocycles. The van der Waals surface area contributed by atoms with Crippen LogP contribution in [0.4, 0.5) is 0 Å². The largest absolute Gasteiger partial charge is 0.447 e. The molecule has 1 aromatic heterocycles. The molecule has 2 aliphatic rings. The molecule has 6 nitrogen and oxygen atoms in total. The van der Waals surface area contributed by atoms with Gasteiger partial charge in [0.25, 0.3) is 10.0 Å². The van der Waals surface area contributed by atoms with Crippen molar-refractivity contribution in [2.24, 2.45) is 5.92 Å². The molecule has 0 saturated carbocycles. The van der Waals surface area contributed by atoms with E-state index in [2.05, 4.69) is 4.90 Å². The molecule has 0 amide bonds. The third kappa shape index (κ3) is 3.22. The van der Waals surface area contributed by atoms with E-state index < -0.39 is 10.0 Å². The lowest BCUT2D eigenvalue weighted by Gasteiger charge is -2.16. The average molecular weight is 328 g/mol. The van der Waals surface area contributed by atoms with E-state index >= 15 is 0 Å². The molecular weight excluding hydrogens is 304 g/mol. The Balaban J connectivity index is 1.64. The lowest BCUT2D eigenvalue weighted by molar-refractivity contribution is 0.126. The first kappa shape index (κ1) is 16.0. The van der Waals surface area contributed by atoms with Gasteiger partial charge in [0.05, 0.1) is 12.6 Å². The maximum atomic E-state index is 12.4. The van der Waals surface area contributed by atoms with Crippen LogP contribution >= 0.6 is 0 Å². The molecule has 124 valence electrons. The Morgan fingerprint density at radius 1 is 1.32 bits per heavy atom. The molecule has 0 aromatic carbocycles. The number of sulfonamides is 1. The fourth-order valence-corrected chi connectivity index (χ4v) is 4.70. The van der Waals surface area contributed by atoms with E-state index in [0.29, 0.717) is 31.3 Å². The summed E-state index contributed by atoms with van der Waals surface area (Å²) in [6.07, 6.45) is 2.51. The SMILES string of the molecule is CC(O)C1CCN(Cc2ccc(S(=O)(=O)N3CCCC3)o2)C1. The topological polar surface area (TPSA) is 74.0 Å². The Bertz CT molecular complexity index is 605. The van der Waals surface area contributed by atoms with E-state index in [4.69, 9.17) is 4.42 Å². The third-order valence-electron chi connectivity index (χ3n) is 4.67. The van der Waals surface area contributed by atoms with E-state index in [1.165, 1.54) is 4.31 Å². The summed E-state index contributed by atoms with van der Waals surface area (Å²) in [5.74, 6) is 0.965. The second-order valence-corrected chi connectivity index (χ2v) is 8.23. The van der Waals surface area contributed by atoms with E-state index in [9.17, 15) is 13.5 Å². The number of hydrogen-bond donors (Lipinski definition) is 1. The number of aliphatic hydroxyl groups excluding tert-OH is 1. The second-order valence-electron chi connectivity index (χ2n) is 6.36. The molecule has 2 atom stereocenters. The maximum absolute atomic E-state index is 12.4. The summed E-state index contributed by atoms with van der Waals surface area (Å²) in [4.78, 5) is 2.20. The molecule has 3 heterocycles. The molecule has 22 heavy (non-hydrogen) atoms. The lowest BCUT2D eigenvalue weighted by Crippen LogP contribution is -2.27. The van der Waals surface area contributed by atoms with Crippen LogP contribution < -0.4 is 0 Å². The van der Waals surface area contributed by atoms with Gasteiger partial charge in [-0.15, -0.1) is 0 Å². The van der Waals surface area contributed by atoms with Gasteiger partial charge in [0.2, 0.25) is 5.09 Å². The average Bonchev–Trinajstić information content (AvgIpc) is 3.21. The first-order chi connectivity index (χ1) is 10.5. The van der Waals surface area contributed by atoms with Gasteiger partial charge < -0.3 is 9.52 Å². The minimum Gasteiger partial charge on any atom is -0.447 e. The summed E-state index contributed by atoms with van der Waals surface area (Å²) in [5.41, 5.74) is 0. The van der Waals surface area contributed by atoms with Crippen LogP contribution in [0.5, 0.6) is 0 Å². The quantitative estimate of drug-likeness (QED) is 0.881. The molecule has 2 saturated heterocycles. The monoisotopic (exact) mass is 328 g/mol. The molecule has 0 spiro atoms. The van der Waals surface area contributed by atoms with Crippen molar-refractivity contribution in [2.75, 3.05) is 26.2 Å². The van der Waals surface area contributed by atoms with Crippen LogP contribution in [-0.2, 0) is 16.6 Å². The number of nitrogens with zero attached hydrogens (tertiary/aromatic N) is 2. The Morgan fingerprint density at radius 2 is 2.05 bits per heavy atom. The molecule has 2 fully saturated rings. The molecule has 7 heteroatoms. The van der Waals surface area contributed by atoms with Gasteiger partial charge in [-0.3, -0.25) is 4.90 Å². The van der Waals surface area contributed by atoms with E-state index in [1.54, 1.807) is 12.1 Å². The predicted octanol–water partition coefficient (Wildman–Crippen LogP) is 1.27. The highest BCUT2D eigenvalue weighted by atomic mass is 32.2. The number of furan rings is 1. The maximum Gasteiger partial charge on any atom is 0.276 e. The highest BCUT2D eigenvalue weighted by molar-refractivity contribution is 7.89. The van der Waals surface area contributed by atoms with Crippen molar-refractivity contribution in [3.8, 4) is 0 Å². The van der Waals surface area contributed by atoms with Crippen molar-refractivity contribution >= 4 is 10.0 Å². The number of likely N-dealkylation sites (tertiary alicyclic amines) is 1. The Hall–Kier alpha value is -0.890. The molecule has 0 radical (unpaired) electrons. The van der Waals surface area contributed by atoms with Gasteiger partial charge in [-0.2, -0.15) is 4.31 Å². The summed E-state index contributed by atoms with van der Waals surface area (Å²) < 4.78 is 31.9. The highest BCUT2D eigenvalue weighted by Crippen LogP contribution is 2.25. The van der Waals surface area contributed by atoms with Gasteiger partial charge in [0.15, 0.2) is 0 Å². The first-order valence-electron chi connectivity index (χ1n) is 7.96. The lowest BCUT2D eigenvalue weighted by atomic mass is 10.0. The Morgan fingerprint density at radius 3 is 2.68 bits per heavy atom. The standard InChI is InChI=1S/C15H24N2O4S/c1-12(18)13-6-9-16(10-13)11-14-4-5-15(21-14)22(19,20)17-7-2-3-8-17/h4-5,12-13,18H,2-3,6-11H2,1H3. The summed E-state index contributed by atoms with van der Waals surface area (Å²) in [7, 11) is -3.47. The van der Waals surface area contributed by atoms with Gasteiger partial charge in [-0.25, -0.2) is 8.42 Å². The Labute approximate surface area is 131 Å². The van der Waals surface area contributed by atoms with Crippen molar-refractivity contribution < 1.29 is 17.9 Å². The molecule has 0 bridgehead atoms. The van der Waals surface area contributed by atoms with Crippen molar-refractivity contribution in [3.63, 3.8) is 0 Å². The summed E-state index contributed by atoms with van der Waals surface area (Å²) in [6, 6.07) is 3.31.